The average Bonchev–Trinajstić information content (AvgIpc) is 4.30. The van der Waals surface area contributed by atoms with Crippen LogP contribution >= 0.6 is 0 Å². The van der Waals surface area contributed by atoms with Crippen LogP contribution in [0.15, 0.2) is 291 Å². The standard InChI is InChI=1S/C75H48N6/c1-5-20-49(21-6-1)73-76-74(50-22-7-2-8-23-50)78-75(77-73)56-25-19-24-51(44-56)52-37-41-69(81-67-34-17-13-30-59(67)60-31-14-18-35-68(60)81)63(45-52)55-39-43-71-65(47-55)62-40-36-54(48-72(62)80(71)58-28-11-4-12-29-58)53-38-42-70-64(46-53)61-32-15-16-33-66(61)79(70)57-26-9-3-10-27-57/h1-48H. The molecule has 0 N–H and O–H groups in total. The Hall–Kier alpha value is -11.0. The molecule has 6 heteroatoms. The number of rotatable bonds is 9. The fourth-order valence-electron chi connectivity index (χ4n) is 12.3. The van der Waals surface area contributed by atoms with Gasteiger partial charge in [-0.15, -0.1) is 0 Å². The van der Waals surface area contributed by atoms with E-state index in [4.69, 9.17) is 15.0 Å². The second-order valence-electron chi connectivity index (χ2n) is 20.8. The van der Waals surface area contributed by atoms with Crippen LogP contribution in [0.25, 0.3) is 150 Å². The van der Waals surface area contributed by atoms with Crippen molar-refractivity contribution in [3.63, 3.8) is 0 Å². The first-order chi connectivity index (χ1) is 40.2. The van der Waals surface area contributed by atoms with Gasteiger partial charge in [-0.3, -0.25) is 0 Å². The third-order valence-corrected chi connectivity index (χ3v) is 16.1. The minimum absolute atomic E-state index is 0.617. The van der Waals surface area contributed by atoms with Gasteiger partial charge in [0.05, 0.1) is 38.8 Å². The molecule has 0 spiro atoms. The number of hydrogen-bond acceptors (Lipinski definition) is 3. The van der Waals surface area contributed by atoms with Crippen LogP contribution in [0, 0.1) is 0 Å². The zero-order chi connectivity index (χ0) is 53.4. The third-order valence-electron chi connectivity index (χ3n) is 16.1. The lowest BCUT2D eigenvalue weighted by Crippen LogP contribution is -2.00. The van der Waals surface area contributed by atoms with Gasteiger partial charge in [0, 0.05) is 65.9 Å². The topological polar surface area (TPSA) is 53.5 Å². The predicted octanol–water partition coefficient (Wildman–Crippen LogP) is 19.2. The molecule has 0 aliphatic heterocycles. The van der Waals surface area contributed by atoms with E-state index in [2.05, 4.69) is 244 Å². The van der Waals surface area contributed by atoms with E-state index in [0.717, 1.165) is 83.6 Å². The van der Waals surface area contributed by atoms with Crippen molar-refractivity contribution in [2.45, 2.75) is 0 Å². The predicted molar refractivity (Wildman–Crippen MR) is 335 cm³/mol. The molecule has 0 unspecified atom stereocenters. The van der Waals surface area contributed by atoms with Gasteiger partial charge >= 0.3 is 0 Å². The number of benzene rings is 12. The van der Waals surface area contributed by atoms with Gasteiger partial charge in [-0.25, -0.2) is 15.0 Å². The maximum Gasteiger partial charge on any atom is 0.164 e. The molecule has 0 saturated carbocycles. The van der Waals surface area contributed by atoms with E-state index in [9.17, 15) is 0 Å². The molecule has 12 aromatic carbocycles. The second kappa shape index (κ2) is 18.9. The van der Waals surface area contributed by atoms with E-state index < -0.39 is 0 Å². The Balaban J connectivity index is 0.880. The second-order valence-corrected chi connectivity index (χ2v) is 20.8. The first-order valence-corrected chi connectivity index (χ1v) is 27.5. The Morgan fingerprint density at radius 2 is 0.568 bits per heavy atom. The third kappa shape index (κ3) is 7.76. The zero-order valence-corrected chi connectivity index (χ0v) is 43.9. The Kier molecular flexibility index (Phi) is 10.8. The first kappa shape index (κ1) is 46.2. The van der Waals surface area contributed by atoms with E-state index in [-0.39, 0.29) is 0 Å². The molecular weight excluding hydrogens is 985 g/mol. The van der Waals surface area contributed by atoms with Crippen LogP contribution in [0.1, 0.15) is 0 Å². The van der Waals surface area contributed by atoms with Gasteiger partial charge in [-0.2, -0.15) is 0 Å². The molecule has 6 nitrogen and oxygen atoms in total. The van der Waals surface area contributed by atoms with Crippen molar-refractivity contribution in [2.75, 3.05) is 0 Å². The number of aromatic nitrogens is 6. The van der Waals surface area contributed by atoms with Gasteiger partial charge < -0.3 is 13.7 Å². The highest BCUT2D eigenvalue weighted by Gasteiger charge is 2.21. The summed E-state index contributed by atoms with van der Waals surface area (Å²) >= 11 is 0. The van der Waals surface area contributed by atoms with Crippen LogP contribution in [0.3, 0.4) is 0 Å². The summed E-state index contributed by atoms with van der Waals surface area (Å²) in [5.74, 6) is 1.88. The molecule has 0 amide bonds. The van der Waals surface area contributed by atoms with Crippen LogP contribution in [0.4, 0.5) is 0 Å². The summed E-state index contributed by atoms with van der Waals surface area (Å²) in [4.78, 5) is 15.2. The lowest BCUT2D eigenvalue weighted by atomic mass is 9.95. The van der Waals surface area contributed by atoms with Crippen molar-refractivity contribution >= 4 is 65.4 Å². The summed E-state index contributed by atoms with van der Waals surface area (Å²) in [6.45, 7) is 0. The van der Waals surface area contributed by atoms with Crippen LogP contribution < -0.4 is 0 Å². The van der Waals surface area contributed by atoms with E-state index in [1.165, 1.54) is 48.9 Å². The number of nitrogens with zero attached hydrogens (tertiary/aromatic N) is 6. The molecule has 0 aliphatic carbocycles. The highest BCUT2D eigenvalue weighted by molar-refractivity contribution is 6.14. The Morgan fingerprint density at radius 1 is 0.198 bits per heavy atom. The van der Waals surface area contributed by atoms with Crippen LogP contribution in [0.5, 0.6) is 0 Å². The summed E-state index contributed by atoms with van der Waals surface area (Å²) in [7, 11) is 0. The summed E-state index contributed by atoms with van der Waals surface area (Å²) in [5, 5.41) is 7.27. The van der Waals surface area contributed by atoms with Gasteiger partial charge in [-0.05, 0) is 119 Å². The number of fused-ring (bicyclic) bond motifs is 9. The van der Waals surface area contributed by atoms with Crippen LogP contribution in [-0.2, 0) is 0 Å². The smallest absolute Gasteiger partial charge is 0.164 e. The molecule has 0 radical (unpaired) electrons. The molecule has 81 heavy (non-hydrogen) atoms. The van der Waals surface area contributed by atoms with Crippen LogP contribution in [0.2, 0.25) is 0 Å². The molecule has 0 atom stereocenters. The van der Waals surface area contributed by atoms with E-state index in [0.29, 0.717) is 17.5 Å². The van der Waals surface area contributed by atoms with Crippen molar-refractivity contribution in [1.82, 2.24) is 28.7 Å². The highest BCUT2D eigenvalue weighted by Crippen LogP contribution is 2.43. The molecule has 378 valence electrons. The monoisotopic (exact) mass is 1030 g/mol. The molecule has 16 aromatic rings. The first-order valence-electron chi connectivity index (χ1n) is 27.5. The lowest BCUT2D eigenvalue weighted by molar-refractivity contribution is 1.07. The van der Waals surface area contributed by atoms with E-state index >= 15 is 0 Å². The largest absolute Gasteiger partial charge is 0.309 e. The summed E-state index contributed by atoms with van der Waals surface area (Å²) in [6, 6.07) is 105. The van der Waals surface area contributed by atoms with Gasteiger partial charge in [0.2, 0.25) is 0 Å². The summed E-state index contributed by atoms with van der Waals surface area (Å²) in [5.41, 5.74) is 19.8. The fraction of sp³-hybridized carbons (Fsp3) is 0. The van der Waals surface area contributed by atoms with Gasteiger partial charge in [0.15, 0.2) is 17.5 Å². The zero-order valence-electron chi connectivity index (χ0n) is 43.9. The van der Waals surface area contributed by atoms with Crippen molar-refractivity contribution in [3.05, 3.63) is 291 Å². The van der Waals surface area contributed by atoms with E-state index in [1.54, 1.807) is 0 Å². The Labute approximate surface area is 467 Å². The summed E-state index contributed by atoms with van der Waals surface area (Å²) < 4.78 is 7.25. The minimum Gasteiger partial charge on any atom is -0.309 e. The minimum atomic E-state index is 0.617. The Bertz CT molecular complexity index is 4980. The van der Waals surface area contributed by atoms with E-state index in [1.807, 2.05) is 60.7 Å². The molecule has 4 aromatic heterocycles. The number of hydrogen-bond donors (Lipinski definition) is 0. The SMILES string of the molecule is c1ccc(-c2nc(-c3ccccc3)nc(-c3cccc(-c4ccc(-n5c6ccccc6c6ccccc65)c(-c5ccc6c(c5)c5ccc(-c7ccc8c(c7)c7ccccc7n8-c7ccccc7)cc5n6-c5ccccc5)c4)c3)n2)cc1. The highest BCUT2D eigenvalue weighted by atomic mass is 15.0. The van der Waals surface area contributed by atoms with Gasteiger partial charge in [-0.1, -0.05) is 200 Å². The van der Waals surface area contributed by atoms with Crippen molar-refractivity contribution in [3.8, 4) is 84.6 Å². The van der Waals surface area contributed by atoms with Crippen molar-refractivity contribution < 1.29 is 0 Å². The molecule has 4 heterocycles. The Morgan fingerprint density at radius 3 is 1.16 bits per heavy atom. The normalized spacial score (nSPS) is 11.7. The van der Waals surface area contributed by atoms with Gasteiger partial charge in [0.25, 0.3) is 0 Å². The number of para-hydroxylation sites is 5. The lowest BCUT2D eigenvalue weighted by Gasteiger charge is -2.17. The molecule has 16 rings (SSSR count). The molecule has 0 bridgehead atoms. The molecule has 0 saturated heterocycles. The maximum absolute atomic E-state index is 5.11. The van der Waals surface area contributed by atoms with Gasteiger partial charge in [0.1, 0.15) is 0 Å². The molecule has 0 aliphatic rings. The van der Waals surface area contributed by atoms with Crippen molar-refractivity contribution in [1.29, 1.82) is 0 Å². The van der Waals surface area contributed by atoms with Crippen LogP contribution in [-0.4, -0.2) is 28.7 Å². The maximum atomic E-state index is 5.11. The van der Waals surface area contributed by atoms with Crippen molar-refractivity contribution in [2.24, 2.45) is 0 Å². The average molecular weight is 1030 g/mol. The fourth-order valence-corrected chi connectivity index (χ4v) is 12.3. The summed E-state index contributed by atoms with van der Waals surface area (Å²) in [6.07, 6.45) is 0. The quantitative estimate of drug-likeness (QED) is 0.145. The molecular formula is C75H48N6. The molecule has 0 fully saturated rings.